The molecule has 10 heteroatoms. The molecule has 3 unspecified atom stereocenters. The molecule has 4 atom stereocenters. The second-order valence-electron chi connectivity index (χ2n) is 23.8. The number of carbonyl (C=O) groups excluding carboxylic acids is 5. The molecule has 0 aromatic heterocycles. The summed E-state index contributed by atoms with van der Waals surface area (Å²) in [5.74, 6) is 2.46. The van der Waals surface area contributed by atoms with Gasteiger partial charge in [-0.2, -0.15) is 0 Å². The highest BCUT2D eigenvalue weighted by Crippen LogP contribution is 2.25. The molecule has 0 aliphatic carbocycles. The fourth-order valence-electron chi connectivity index (χ4n) is 10.4. The Morgan fingerprint density at radius 2 is 1.12 bits per heavy atom. The Morgan fingerprint density at radius 3 is 1.64 bits per heavy atom. The van der Waals surface area contributed by atoms with Crippen molar-refractivity contribution in [2.45, 2.75) is 300 Å². The van der Waals surface area contributed by atoms with E-state index in [0.717, 1.165) is 76.9 Å². The number of amides is 1. The quantitative estimate of drug-likeness (QED) is 0.0146. The molecule has 0 N–H and O–H groups in total. The number of ether oxygens (including phenoxy) is 3. The van der Waals surface area contributed by atoms with Crippen LogP contribution in [0.4, 0.5) is 0 Å². The van der Waals surface area contributed by atoms with Crippen molar-refractivity contribution in [1.82, 2.24) is 9.80 Å². The van der Waals surface area contributed by atoms with E-state index in [4.69, 9.17) is 14.2 Å². The standard InChI is InChI=1S/C28H52O4.C20H32O3.C15H26N2O.C9H20.CH4/c1-5-9-11-13-15-17-20-30-25-31-22-19-26(23-27(29)7-3)24-28(8-4)32-21-18-16-14-12-10-6-2;1-4-6-7-8-9-10-11-12-13-20(23)16-18(14-17(3)21)15-19(22)5-2;1-3-13-7-10-17(12-13)15(18)11-14-5-4-8-16(2)9-6-14;1-3-5-7-9-8-6-4-2;/h26H,4-7,9-25H2,1-3H3;5,12-13,18H,2,4,6-11,14-16H2,1,3H3;3,13-14H,1,4-12H2,2H3;3-9H2,1-2H3;1H4/b;13-12-;;;/t;;13-,14?;;/m..0../s1. The molecule has 0 saturated carbocycles. The smallest absolute Gasteiger partial charge is 0.222 e. The minimum Gasteiger partial charge on any atom is -0.490 e. The minimum absolute atomic E-state index is 0. The third kappa shape index (κ3) is 56.2. The van der Waals surface area contributed by atoms with E-state index in [2.05, 4.69) is 72.0 Å². The third-order valence-corrected chi connectivity index (χ3v) is 15.8. The van der Waals surface area contributed by atoms with Crippen LogP contribution in [0.3, 0.4) is 0 Å². The van der Waals surface area contributed by atoms with Gasteiger partial charge in [0, 0.05) is 71.2 Å². The van der Waals surface area contributed by atoms with Gasteiger partial charge in [-0.3, -0.25) is 19.2 Å². The van der Waals surface area contributed by atoms with Crippen molar-refractivity contribution in [1.29, 1.82) is 0 Å². The van der Waals surface area contributed by atoms with Gasteiger partial charge < -0.3 is 28.8 Å². The number of nitrogens with zero attached hydrogens (tertiary/aromatic N) is 2. The predicted octanol–water partition coefficient (Wildman–Crippen LogP) is 19.7. The first-order chi connectivity index (χ1) is 39.8. The molecular formula is C73H134N2O8. The van der Waals surface area contributed by atoms with Gasteiger partial charge in [-0.15, -0.1) is 6.58 Å². The molecule has 2 saturated heterocycles. The van der Waals surface area contributed by atoms with Crippen LogP contribution in [0, 0.1) is 23.7 Å². The highest BCUT2D eigenvalue weighted by atomic mass is 16.7. The van der Waals surface area contributed by atoms with E-state index >= 15 is 0 Å². The van der Waals surface area contributed by atoms with Gasteiger partial charge in [-0.05, 0) is 121 Å². The SMILES string of the molecule is C.C=C=C(CC(CCOCOCCCCCCCC)CC(=O)CC)OCCCCCCCC.C=CC(=O)CC(CC(C)=O)CC(=O)/C=C\CCCCCCCC.C=C[C@H]1CCN(C(=O)CC2CCCN(C)CC2)C1.CCCCCCCCC. The molecule has 83 heavy (non-hydrogen) atoms. The molecule has 0 aromatic rings. The van der Waals surface area contributed by atoms with E-state index in [-0.39, 0.29) is 61.7 Å². The number of ketones is 4. The van der Waals surface area contributed by atoms with E-state index in [1.807, 2.05) is 24.0 Å². The average molecular weight is 1170 g/mol. The second-order valence-corrected chi connectivity index (χ2v) is 23.8. The van der Waals surface area contributed by atoms with Crippen LogP contribution in [0.25, 0.3) is 0 Å². The number of unbranched alkanes of at least 4 members (excludes halogenated alkanes) is 22. The summed E-state index contributed by atoms with van der Waals surface area (Å²) in [4.78, 5) is 63.3. The number of hydrogen-bond acceptors (Lipinski definition) is 9. The topological polar surface area (TPSA) is 120 Å². The van der Waals surface area contributed by atoms with Gasteiger partial charge in [0.05, 0.1) is 6.61 Å². The summed E-state index contributed by atoms with van der Waals surface area (Å²) in [7, 11) is 2.18. The summed E-state index contributed by atoms with van der Waals surface area (Å²) >= 11 is 0. The van der Waals surface area contributed by atoms with E-state index in [1.165, 1.54) is 180 Å². The zero-order valence-electron chi connectivity index (χ0n) is 54.9. The summed E-state index contributed by atoms with van der Waals surface area (Å²) in [5.41, 5.74) is 2.95. The van der Waals surface area contributed by atoms with Gasteiger partial charge >= 0.3 is 0 Å². The highest BCUT2D eigenvalue weighted by molar-refractivity contribution is 5.93. The van der Waals surface area contributed by atoms with Crippen LogP contribution in [0.1, 0.15) is 300 Å². The van der Waals surface area contributed by atoms with Crippen molar-refractivity contribution in [3.05, 3.63) is 55.5 Å². The Labute approximate surface area is 513 Å². The average Bonchev–Trinajstić information content (AvgIpc) is 3.92. The highest BCUT2D eigenvalue weighted by Gasteiger charge is 2.27. The summed E-state index contributed by atoms with van der Waals surface area (Å²) in [6, 6.07) is 0. The van der Waals surface area contributed by atoms with Crippen molar-refractivity contribution < 1.29 is 38.2 Å². The van der Waals surface area contributed by atoms with Crippen LogP contribution in [0.2, 0.25) is 0 Å². The Kier molecular flexibility index (Phi) is 63.7. The maximum atomic E-state index is 12.2. The van der Waals surface area contributed by atoms with E-state index in [9.17, 15) is 24.0 Å². The van der Waals surface area contributed by atoms with Crippen molar-refractivity contribution in [2.75, 3.05) is 59.8 Å². The third-order valence-electron chi connectivity index (χ3n) is 15.8. The van der Waals surface area contributed by atoms with Gasteiger partial charge in [-0.1, -0.05) is 221 Å². The number of rotatable bonds is 49. The largest absolute Gasteiger partial charge is 0.490 e. The lowest BCUT2D eigenvalue weighted by Gasteiger charge is -2.20. The van der Waals surface area contributed by atoms with E-state index < -0.39 is 0 Å². The Morgan fingerprint density at radius 1 is 0.590 bits per heavy atom. The van der Waals surface area contributed by atoms with Gasteiger partial charge in [0.15, 0.2) is 11.6 Å². The van der Waals surface area contributed by atoms with Gasteiger partial charge in [0.2, 0.25) is 5.91 Å². The monoisotopic (exact) mass is 1170 g/mol. The van der Waals surface area contributed by atoms with Crippen LogP contribution in [-0.2, 0) is 38.2 Å². The zero-order chi connectivity index (χ0) is 61.1. The lowest BCUT2D eigenvalue weighted by Crippen LogP contribution is -2.30. The molecule has 2 heterocycles. The predicted molar refractivity (Wildman–Crippen MR) is 355 cm³/mol. The summed E-state index contributed by atoms with van der Waals surface area (Å²) in [6.45, 7) is 32.2. The van der Waals surface area contributed by atoms with Gasteiger partial charge in [-0.25, -0.2) is 0 Å². The summed E-state index contributed by atoms with van der Waals surface area (Å²) in [6.07, 6.45) is 49.0. The maximum Gasteiger partial charge on any atom is 0.222 e. The first-order valence-corrected chi connectivity index (χ1v) is 33.9. The number of likely N-dealkylation sites (tertiary alicyclic amines) is 2. The molecule has 0 radical (unpaired) electrons. The lowest BCUT2D eigenvalue weighted by atomic mass is 9.91. The molecule has 0 bridgehead atoms. The van der Waals surface area contributed by atoms with Crippen LogP contribution in [0.15, 0.2) is 55.5 Å². The normalized spacial score (nSPS) is 15.6. The fraction of sp³-hybridized carbons (Fsp3) is 0.808. The van der Waals surface area contributed by atoms with Gasteiger partial charge in [0.1, 0.15) is 24.1 Å². The molecule has 484 valence electrons. The summed E-state index contributed by atoms with van der Waals surface area (Å²) < 4.78 is 17.2. The van der Waals surface area contributed by atoms with E-state index in [1.54, 1.807) is 6.08 Å². The maximum absolute atomic E-state index is 12.2. The second kappa shape index (κ2) is 63.1. The molecule has 2 aliphatic heterocycles. The lowest BCUT2D eigenvalue weighted by molar-refractivity contribution is -0.131. The van der Waals surface area contributed by atoms with E-state index in [0.29, 0.717) is 57.0 Å². The Balaban J connectivity index is -0.00000110. The Hall–Kier alpha value is -3.43. The molecule has 0 spiro atoms. The number of carbonyl (C=O) groups is 5. The van der Waals surface area contributed by atoms with Crippen molar-refractivity contribution >= 4 is 29.0 Å². The molecule has 2 rings (SSSR count). The van der Waals surface area contributed by atoms with Crippen LogP contribution >= 0.6 is 0 Å². The first-order valence-electron chi connectivity index (χ1n) is 33.9. The number of allylic oxidation sites excluding steroid dienone is 4. The molecule has 2 aliphatic rings. The van der Waals surface area contributed by atoms with Crippen LogP contribution < -0.4 is 0 Å². The number of Topliss-reactive ketones (excluding diaryl/α,β-unsaturated/α-hetero) is 2. The number of hydrogen-bond donors (Lipinski definition) is 0. The van der Waals surface area contributed by atoms with Crippen LogP contribution in [0.5, 0.6) is 0 Å². The summed E-state index contributed by atoms with van der Waals surface area (Å²) in [5, 5.41) is 0. The minimum atomic E-state index is -0.204. The van der Waals surface area contributed by atoms with Crippen molar-refractivity contribution in [3.63, 3.8) is 0 Å². The molecular weight excluding hydrogens is 1030 g/mol. The van der Waals surface area contributed by atoms with Crippen molar-refractivity contribution in [3.8, 4) is 0 Å². The molecule has 2 fully saturated rings. The van der Waals surface area contributed by atoms with Crippen LogP contribution in [-0.4, -0.2) is 98.7 Å². The fourth-order valence-corrected chi connectivity index (χ4v) is 10.4. The molecule has 10 nitrogen and oxygen atoms in total. The first kappa shape index (κ1) is 83.8. The zero-order valence-corrected chi connectivity index (χ0v) is 54.9. The Bertz CT molecular complexity index is 1650. The molecule has 1 amide bonds. The molecule has 0 aromatic carbocycles. The van der Waals surface area contributed by atoms with Crippen molar-refractivity contribution in [2.24, 2.45) is 23.7 Å². The van der Waals surface area contributed by atoms with Gasteiger partial charge in [0.25, 0.3) is 0 Å².